The molecule has 120 valence electrons. The van der Waals surface area contributed by atoms with Crippen LogP contribution in [0.15, 0.2) is 40.9 Å². The molecular weight excluding hydrogens is 403 g/mol. The van der Waals surface area contributed by atoms with Crippen molar-refractivity contribution in [2.75, 3.05) is 19.4 Å². The molecule has 0 aliphatic carbocycles. The highest BCUT2D eigenvalue weighted by molar-refractivity contribution is 9.10. The molecule has 1 N–H and O–H groups in total. The van der Waals surface area contributed by atoms with Gasteiger partial charge < -0.3 is 10.2 Å². The summed E-state index contributed by atoms with van der Waals surface area (Å²) in [6.45, 7) is 0. The van der Waals surface area contributed by atoms with Gasteiger partial charge in [-0.2, -0.15) is 0 Å². The molecular formula is C16H13BrCl2N2O2. The fourth-order valence-corrected chi connectivity index (χ4v) is 2.60. The number of benzene rings is 2. The Labute approximate surface area is 152 Å². The lowest BCUT2D eigenvalue weighted by Crippen LogP contribution is -2.22. The summed E-state index contributed by atoms with van der Waals surface area (Å²) >= 11 is 15.4. The zero-order valence-corrected chi connectivity index (χ0v) is 15.5. The van der Waals surface area contributed by atoms with E-state index in [1.807, 2.05) is 0 Å². The Morgan fingerprint density at radius 1 is 1.04 bits per heavy atom. The molecule has 0 saturated heterocycles. The predicted octanol–water partition coefficient (Wildman–Crippen LogP) is 4.71. The molecule has 0 aliphatic heterocycles. The zero-order valence-electron chi connectivity index (χ0n) is 12.4. The van der Waals surface area contributed by atoms with Crippen LogP contribution in [0.4, 0.5) is 5.69 Å². The van der Waals surface area contributed by atoms with Crippen LogP contribution in [0, 0.1) is 0 Å². The fourth-order valence-electron chi connectivity index (χ4n) is 1.87. The highest BCUT2D eigenvalue weighted by Crippen LogP contribution is 2.26. The summed E-state index contributed by atoms with van der Waals surface area (Å²) in [5, 5.41) is 3.34. The van der Waals surface area contributed by atoms with Crippen LogP contribution in [-0.2, 0) is 0 Å². The Hall–Kier alpha value is -1.56. The van der Waals surface area contributed by atoms with Crippen LogP contribution in [0.3, 0.4) is 0 Å². The van der Waals surface area contributed by atoms with Crippen molar-refractivity contribution in [2.45, 2.75) is 0 Å². The monoisotopic (exact) mass is 414 g/mol. The molecule has 23 heavy (non-hydrogen) atoms. The van der Waals surface area contributed by atoms with Crippen molar-refractivity contribution >= 4 is 56.6 Å². The van der Waals surface area contributed by atoms with Crippen molar-refractivity contribution in [1.82, 2.24) is 4.90 Å². The maximum atomic E-state index is 12.4. The van der Waals surface area contributed by atoms with E-state index in [0.29, 0.717) is 26.9 Å². The third-order valence-corrected chi connectivity index (χ3v) is 4.19. The Morgan fingerprint density at radius 3 is 2.35 bits per heavy atom. The molecule has 0 unspecified atom stereocenters. The minimum absolute atomic E-state index is 0.183. The number of hydrogen-bond donors (Lipinski definition) is 1. The van der Waals surface area contributed by atoms with Crippen LogP contribution in [0.2, 0.25) is 10.0 Å². The number of amides is 2. The first-order chi connectivity index (χ1) is 10.8. The molecule has 0 radical (unpaired) electrons. The number of hydrogen-bond acceptors (Lipinski definition) is 2. The maximum absolute atomic E-state index is 12.4. The van der Waals surface area contributed by atoms with Gasteiger partial charge in [0.25, 0.3) is 11.8 Å². The summed E-state index contributed by atoms with van der Waals surface area (Å²) in [5.41, 5.74) is 1.08. The summed E-state index contributed by atoms with van der Waals surface area (Å²) in [6.07, 6.45) is 0. The number of halogens is 3. The van der Waals surface area contributed by atoms with Crippen LogP contribution in [0.5, 0.6) is 0 Å². The van der Waals surface area contributed by atoms with E-state index in [2.05, 4.69) is 21.2 Å². The number of nitrogens with zero attached hydrogens (tertiary/aromatic N) is 1. The number of nitrogens with one attached hydrogen (secondary N) is 1. The van der Waals surface area contributed by atoms with Crippen LogP contribution < -0.4 is 5.32 Å². The molecule has 0 aromatic heterocycles. The van der Waals surface area contributed by atoms with E-state index >= 15 is 0 Å². The molecule has 4 nitrogen and oxygen atoms in total. The first-order valence-corrected chi connectivity index (χ1v) is 8.12. The molecule has 0 heterocycles. The molecule has 2 amide bonds. The first kappa shape index (κ1) is 17.8. The number of carbonyl (C=O) groups excluding carboxylic acids is 2. The van der Waals surface area contributed by atoms with Gasteiger partial charge >= 0.3 is 0 Å². The molecule has 7 heteroatoms. The second-order valence-corrected chi connectivity index (χ2v) is 6.70. The predicted molar refractivity (Wildman–Crippen MR) is 96.6 cm³/mol. The number of rotatable bonds is 3. The first-order valence-electron chi connectivity index (χ1n) is 6.57. The van der Waals surface area contributed by atoms with Crippen molar-refractivity contribution in [1.29, 1.82) is 0 Å². The largest absolute Gasteiger partial charge is 0.345 e. The summed E-state index contributed by atoms with van der Waals surface area (Å²) in [5.74, 6) is -0.592. The molecule has 0 atom stereocenters. The minimum Gasteiger partial charge on any atom is -0.345 e. The Bertz CT molecular complexity index is 779. The normalized spacial score (nSPS) is 10.3. The molecule has 0 fully saturated rings. The summed E-state index contributed by atoms with van der Waals surface area (Å²) < 4.78 is 0.731. The van der Waals surface area contributed by atoms with Gasteiger partial charge in [-0.3, -0.25) is 9.59 Å². The van der Waals surface area contributed by atoms with Gasteiger partial charge in [0.05, 0.1) is 21.3 Å². The summed E-state index contributed by atoms with van der Waals surface area (Å²) in [6, 6.07) is 9.67. The van der Waals surface area contributed by atoms with Gasteiger partial charge in [-0.15, -0.1) is 0 Å². The molecule has 0 spiro atoms. The maximum Gasteiger partial charge on any atom is 0.257 e. The van der Waals surface area contributed by atoms with E-state index < -0.39 is 5.91 Å². The summed E-state index contributed by atoms with van der Waals surface area (Å²) in [7, 11) is 3.30. The van der Waals surface area contributed by atoms with E-state index in [4.69, 9.17) is 23.2 Å². The molecule has 2 rings (SSSR count). The third kappa shape index (κ3) is 4.25. The van der Waals surface area contributed by atoms with Crippen LogP contribution >= 0.6 is 39.1 Å². The van der Waals surface area contributed by atoms with E-state index in [9.17, 15) is 9.59 Å². The average molecular weight is 416 g/mol. The molecule has 2 aromatic carbocycles. The van der Waals surface area contributed by atoms with Crippen molar-refractivity contribution in [2.24, 2.45) is 0 Å². The fraction of sp³-hybridized carbons (Fsp3) is 0.125. The highest BCUT2D eigenvalue weighted by atomic mass is 79.9. The van der Waals surface area contributed by atoms with Crippen LogP contribution in [0.25, 0.3) is 0 Å². The number of anilines is 1. The zero-order chi connectivity index (χ0) is 17.1. The van der Waals surface area contributed by atoms with Gasteiger partial charge in [-0.05, 0) is 36.4 Å². The second kappa shape index (κ2) is 7.34. The van der Waals surface area contributed by atoms with Gasteiger partial charge in [-0.1, -0.05) is 39.1 Å². The van der Waals surface area contributed by atoms with Gasteiger partial charge in [0, 0.05) is 24.1 Å². The molecule has 0 aliphatic rings. The van der Waals surface area contributed by atoms with Crippen molar-refractivity contribution in [3.63, 3.8) is 0 Å². The Balaban J connectivity index is 2.32. The van der Waals surface area contributed by atoms with Crippen LogP contribution in [0.1, 0.15) is 20.7 Å². The highest BCUT2D eigenvalue weighted by Gasteiger charge is 2.15. The topological polar surface area (TPSA) is 49.4 Å². The average Bonchev–Trinajstić information content (AvgIpc) is 2.50. The quantitative estimate of drug-likeness (QED) is 0.788. The van der Waals surface area contributed by atoms with Crippen molar-refractivity contribution < 1.29 is 9.59 Å². The smallest absolute Gasteiger partial charge is 0.257 e. The lowest BCUT2D eigenvalue weighted by atomic mass is 10.1. The Kier molecular flexibility index (Phi) is 5.68. The lowest BCUT2D eigenvalue weighted by Gasteiger charge is -2.13. The van der Waals surface area contributed by atoms with E-state index in [1.54, 1.807) is 44.4 Å². The molecule has 0 bridgehead atoms. The van der Waals surface area contributed by atoms with E-state index in [-0.39, 0.29) is 5.91 Å². The standard InChI is InChI=1S/C16H13BrCl2N2O2/c1-21(2)16(23)9-3-5-13(19)14(7-9)20-15(22)11-8-10(17)4-6-12(11)18/h3-8H,1-2H3,(H,20,22). The minimum atomic E-state index is -0.410. The lowest BCUT2D eigenvalue weighted by molar-refractivity contribution is 0.0827. The molecule has 2 aromatic rings. The van der Waals surface area contributed by atoms with E-state index in [0.717, 1.165) is 4.47 Å². The van der Waals surface area contributed by atoms with Crippen molar-refractivity contribution in [3.8, 4) is 0 Å². The second-order valence-electron chi connectivity index (χ2n) is 4.97. The van der Waals surface area contributed by atoms with Gasteiger partial charge in [0.1, 0.15) is 0 Å². The summed E-state index contributed by atoms with van der Waals surface area (Å²) in [4.78, 5) is 25.8. The SMILES string of the molecule is CN(C)C(=O)c1ccc(Cl)c(NC(=O)c2cc(Br)ccc2Cl)c1. The van der Waals surface area contributed by atoms with Gasteiger partial charge in [0.2, 0.25) is 0 Å². The van der Waals surface area contributed by atoms with Crippen LogP contribution in [-0.4, -0.2) is 30.8 Å². The van der Waals surface area contributed by atoms with Gasteiger partial charge in [0.15, 0.2) is 0 Å². The van der Waals surface area contributed by atoms with E-state index in [1.165, 1.54) is 11.0 Å². The Morgan fingerprint density at radius 2 is 1.70 bits per heavy atom. The number of carbonyl (C=O) groups is 2. The molecule has 0 saturated carbocycles. The van der Waals surface area contributed by atoms with Gasteiger partial charge in [-0.25, -0.2) is 0 Å². The van der Waals surface area contributed by atoms with Crippen molar-refractivity contribution in [3.05, 3.63) is 62.0 Å². The third-order valence-electron chi connectivity index (χ3n) is 3.04.